The molecule has 3 aromatic carbocycles. The lowest BCUT2D eigenvalue weighted by Crippen LogP contribution is -2.14. The molecule has 0 unspecified atom stereocenters. The Labute approximate surface area is 188 Å². The smallest absolute Gasteiger partial charge is 0.309 e. The van der Waals surface area contributed by atoms with Crippen LogP contribution in [0.3, 0.4) is 0 Å². The van der Waals surface area contributed by atoms with E-state index in [-0.39, 0.29) is 10.9 Å². The molecule has 0 aliphatic carbocycles. The van der Waals surface area contributed by atoms with Crippen LogP contribution in [-0.2, 0) is 15.8 Å². The van der Waals surface area contributed by atoms with E-state index in [1.54, 1.807) is 37.3 Å². The highest BCUT2D eigenvalue weighted by Gasteiger charge is 2.23. The zero-order chi connectivity index (χ0) is 21.3. The van der Waals surface area contributed by atoms with Gasteiger partial charge in [-0.25, -0.2) is 13.1 Å². The summed E-state index contributed by atoms with van der Waals surface area (Å²) in [7, 11) is -3.96. The molecule has 0 aliphatic heterocycles. The molecule has 0 aliphatic rings. The van der Waals surface area contributed by atoms with Crippen LogP contribution in [0.1, 0.15) is 11.1 Å². The molecule has 0 atom stereocenters. The highest BCUT2D eigenvalue weighted by Crippen LogP contribution is 2.35. The van der Waals surface area contributed by atoms with Crippen molar-refractivity contribution in [1.29, 1.82) is 0 Å². The van der Waals surface area contributed by atoms with Gasteiger partial charge >= 0.3 is 6.01 Å². The summed E-state index contributed by atoms with van der Waals surface area (Å²) in [5, 5.41) is 0.985. The number of aromatic nitrogens is 1. The minimum Gasteiger partial charge on any atom is -0.423 e. The summed E-state index contributed by atoms with van der Waals surface area (Å²) in [4.78, 5) is 4.83. The number of nitrogens with zero attached hydrogens (tertiary/aromatic N) is 1. The third kappa shape index (κ3) is 4.59. The first-order valence-electron chi connectivity index (χ1n) is 8.87. The number of hydrogen-bond acceptors (Lipinski definition) is 5. The molecule has 1 aromatic heterocycles. The average molecular weight is 479 g/mol. The van der Waals surface area contributed by atoms with Crippen LogP contribution < -0.4 is 4.72 Å². The van der Waals surface area contributed by atoms with Gasteiger partial charge < -0.3 is 4.42 Å². The quantitative estimate of drug-likeness (QED) is 0.318. The predicted octanol–water partition coefficient (Wildman–Crippen LogP) is 6.54. The maximum atomic E-state index is 13.1. The number of oxazole rings is 1. The Bertz CT molecular complexity index is 1320. The summed E-state index contributed by atoms with van der Waals surface area (Å²) in [5.74, 6) is 0.601. The molecule has 30 heavy (non-hydrogen) atoms. The SMILES string of the molecule is Cc1cc(S(=O)(=O)Nc2nc3cc(Cl)ccc3o2)c(SCc2ccccc2)cc1Cl. The summed E-state index contributed by atoms with van der Waals surface area (Å²) in [5.41, 5.74) is 2.63. The Morgan fingerprint density at radius 2 is 1.83 bits per heavy atom. The van der Waals surface area contributed by atoms with Gasteiger partial charge in [-0.1, -0.05) is 53.5 Å². The van der Waals surface area contributed by atoms with Crippen molar-refractivity contribution in [2.45, 2.75) is 22.5 Å². The highest BCUT2D eigenvalue weighted by atomic mass is 35.5. The molecule has 0 spiro atoms. The molecule has 0 saturated carbocycles. The van der Waals surface area contributed by atoms with Crippen molar-refractivity contribution in [1.82, 2.24) is 4.98 Å². The van der Waals surface area contributed by atoms with E-state index in [0.717, 1.165) is 5.56 Å². The molecule has 4 rings (SSSR count). The first-order chi connectivity index (χ1) is 14.3. The van der Waals surface area contributed by atoms with E-state index in [4.69, 9.17) is 27.6 Å². The lowest BCUT2D eigenvalue weighted by Gasteiger charge is -2.12. The van der Waals surface area contributed by atoms with Gasteiger partial charge in [-0.05, 0) is 48.4 Å². The van der Waals surface area contributed by atoms with Gasteiger partial charge in [-0.15, -0.1) is 11.8 Å². The van der Waals surface area contributed by atoms with Crippen LogP contribution >= 0.6 is 35.0 Å². The number of rotatable bonds is 6. The second-order valence-electron chi connectivity index (χ2n) is 6.56. The minimum absolute atomic E-state index is 0.116. The van der Waals surface area contributed by atoms with E-state index in [1.165, 1.54) is 11.8 Å². The summed E-state index contributed by atoms with van der Waals surface area (Å²) < 4.78 is 34.2. The standard InChI is InChI=1S/C21H16Cl2N2O3S2/c1-13-9-20(19(11-16(13)23)29-12-14-5-3-2-4-6-14)30(26,27)25-21-24-17-10-15(22)7-8-18(17)28-21/h2-11H,12H2,1H3,(H,24,25). The molecular formula is C21H16Cl2N2O3S2. The largest absolute Gasteiger partial charge is 0.423 e. The number of aryl methyl sites for hydroxylation is 1. The highest BCUT2D eigenvalue weighted by molar-refractivity contribution is 7.99. The van der Waals surface area contributed by atoms with Crippen LogP contribution in [0.25, 0.3) is 11.1 Å². The molecule has 0 amide bonds. The molecule has 9 heteroatoms. The van der Waals surface area contributed by atoms with Crippen molar-refractivity contribution in [3.63, 3.8) is 0 Å². The van der Waals surface area contributed by atoms with Gasteiger partial charge in [0, 0.05) is 20.7 Å². The van der Waals surface area contributed by atoms with E-state index in [0.29, 0.717) is 37.4 Å². The number of halogens is 2. The van der Waals surface area contributed by atoms with Crippen molar-refractivity contribution in [3.8, 4) is 0 Å². The van der Waals surface area contributed by atoms with Crippen LogP contribution in [-0.4, -0.2) is 13.4 Å². The third-order valence-electron chi connectivity index (χ3n) is 4.32. The van der Waals surface area contributed by atoms with E-state index in [9.17, 15) is 8.42 Å². The number of fused-ring (bicyclic) bond motifs is 1. The molecule has 1 N–H and O–H groups in total. The fourth-order valence-corrected chi connectivity index (χ4v) is 5.71. The molecule has 5 nitrogen and oxygen atoms in total. The fourth-order valence-electron chi connectivity index (χ4n) is 2.81. The van der Waals surface area contributed by atoms with Gasteiger partial charge in [0.15, 0.2) is 5.58 Å². The molecule has 0 radical (unpaired) electrons. The van der Waals surface area contributed by atoms with Gasteiger partial charge in [0.1, 0.15) is 10.4 Å². The van der Waals surface area contributed by atoms with E-state index in [2.05, 4.69) is 9.71 Å². The van der Waals surface area contributed by atoms with Crippen molar-refractivity contribution >= 4 is 62.1 Å². The number of sulfonamides is 1. The number of nitrogens with one attached hydrogen (secondary N) is 1. The second-order valence-corrected chi connectivity index (χ2v) is 10.1. The summed E-state index contributed by atoms with van der Waals surface area (Å²) in [6.45, 7) is 1.76. The first-order valence-corrected chi connectivity index (χ1v) is 12.1. The van der Waals surface area contributed by atoms with Crippen molar-refractivity contribution in [2.24, 2.45) is 0 Å². The molecule has 1 heterocycles. The molecule has 0 bridgehead atoms. The Balaban J connectivity index is 1.67. The Morgan fingerprint density at radius 1 is 1.07 bits per heavy atom. The van der Waals surface area contributed by atoms with E-state index in [1.807, 2.05) is 30.3 Å². The van der Waals surface area contributed by atoms with Gasteiger partial charge in [0.05, 0.1) is 0 Å². The lowest BCUT2D eigenvalue weighted by molar-refractivity contribution is 0.589. The van der Waals surface area contributed by atoms with Gasteiger partial charge in [0.25, 0.3) is 10.0 Å². The normalized spacial score (nSPS) is 11.7. The maximum absolute atomic E-state index is 13.1. The van der Waals surface area contributed by atoms with Crippen molar-refractivity contribution in [3.05, 3.63) is 81.8 Å². The fraction of sp³-hybridized carbons (Fsp3) is 0.0952. The molecule has 0 fully saturated rings. The van der Waals surface area contributed by atoms with Crippen LogP contribution in [0.4, 0.5) is 6.01 Å². The van der Waals surface area contributed by atoms with E-state index >= 15 is 0 Å². The van der Waals surface area contributed by atoms with Crippen LogP contribution in [0.2, 0.25) is 10.0 Å². The second kappa shape index (κ2) is 8.51. The minimum atomic E-state index is -3.96. The van der Waals surface area contributed by atoms with Crippen molar-refractivity contribution in [2.75, 3.05) is 4.72 Å². The Morgan fingerprint density at radius 3 is 2.60 bits per heavy atom. The summed E-state index contributed by atoms with van der Waals surface area (Å²) in [6.07, 6.45) is 0. The monoisotopic (exact) mass is 478 g/mol. The van der Waals surface area contributed by atoms with Gasteiger partial charge in [-0.2, -0.15) is 4.98 Å². The molecular weight excluding hydrogens is 463 g/mol. The Kier molecular flexibility index (Phi) is 5.97. The number of thioether (sulfide) groups is 1. The number of hydrogen-bond donors (Lipinski definition) is 1. The lowest BCUT2D eigenvalue weighted by atomic mass is 10.2. The molecule has 4 aromatic rings. The molecule has 154 valence electrons. The zero-order valence-electron chi connectivity index (χ0n) is 15.7. The van der Waals surface area contributed by atoms with Gasteiger partial charge in [0.2, 0.25) is 0 Å². The van der Waals surface area contributed by atoms with Crippen LogP contribution in [0.5, 0.6) is 0 Å². The van der Waals surface area contributed by atoms with Crippen molar-refractivity contribution < 1.29 is 12.8 Å². The number of anilines is 1. The third-order valence-corrected chi connectivity index (χ3v) is 7.58. The average Bonchev–Trinajstić information content (AvgIpc) is 3.09. The summed E-state index contributed by atoms with van der Waals surface area (Å²) >= 11 is 13.6. The van der Waals surface area contributed by atoms with Crippen LogP contribution in [0, 0.1) is 6.92 Å². The molecule has 0 saturated heterocycles. The maximum Gasteiger partial charge on any atom is 0.309 e. The Hall–Kier alpha value is -2.19. The van der Waals surface area contributed by atoms with Crippen LogP contribution in [0.15, 0.2) is 74.9 Å². The van der Waals surface area contributed by atoms with E-state index < -0.39 is 10.0 Å². The first kappa shape index (κ1) is 21.1. The predicted molar refractivity (Wildman–Crippen MR) is 122 cm³/mol. The zero-order valence-corrected chi connectivity index (χ0v) is 18.9. The van der Waals surface area contributed by atoms with Gasteiger partial charge in [-0.3, -0.25) is 0 Å². The number of benzene rings is 3. The summed E-state index contributed by atoms with van der Waals surface area (Å²) in [6, 6.07) is 17.8. The topological polar surface area (TPSA) is 72.2 Å².